The van der Waals surface area contributed by atoms with Crippen molar-refractivity contribution in [3.8, 4) is 0 Å². The molecule has 2 aromatic rings. The molecule has 152 valence electrons. The van der Waals surface area contributed by atoms with E-state index in [4.69, 9.17) is 5.11 Å². The van der Waals surface area contributed by atoms with Crippen molar-refractivity contribution in [2.24, 2.45) is 0 Å². The molecule has 1 aliphatic rings. The van der Waals surface area contributed by atoms with Gasteiger partial charge in [0, 0.05) is 35.6 Å². The molecule has 0 bridgehead atoms. The Morgan fingerprint density at radius 1 is 1.24 bits per heavy atom. The Labute approximate surface area is 167 Å². The lowest BCUT2D eigenvalue weighted by Gasteiger charge is -2.08. The molecule has 2 heterocycles. The number of hydrogen-bond donors (Lipinski definition) is 5. The third-order valence-corrected chi connectivity index (χ3v) is 4.94. The maximum atomic E-state index is 12.5. The zero-order valence-electron chi connectivity index (χ0n) is 16.4. The second kappa shape index (κ2) is 7.92. The molecule has 0 saturated carbocycles. The minimum Gasteiger partial charge on any atom is -0.479 e. The van der Waals surface area contributed by atoms with Crippen molar-refractivity contribution in [1.82, 2.24) is 10.3 Å². The van der Waals surface area contributed by atoms with Crippen molar-refractivity contribution in [3.05, 3.63) is 51.8 Å². The predicted octanol–water partition coefficient (Wildman–Crippen LogP) is 2.00. The van der Waals surface area contributed by atoms with Gasteiger partial charge >= 0.3 is 5.97 Å². The van der Waals surface area contributed by atoms with Gasteiger partial charge in [-0.3, -0.25) is 9.59 Å². The molecule has 5 N–H and O–H groups in total. The molecule has 0 aliphatic carbocycles. The molecular formula is C21H23N3O5. The zero-order chi connectivity index (χ0) is 21.3. The van der Waals surface area contributed by atoms with Crippen molar-refractivity contribution in [1.29, 1.82) is 0 Å². The molecule has 8 heteroatoms. The number of carboxylic acid groups (broad SMARTS) is 1. The first kappa shape index (κ1) is 20.3. The third-order valence-electron chi connectivity index (χ3n) is 4.94. The van der Waals surface area contributed by atoms with Gasteiger partial charge in [0.25, 0.3) is 11.8 Å². The summed E-state index contributed by atoms with van der Waals surface area (Å²) in [6.45, 7) is 5.51. The van der Waals surface area contributed by atoms with E-state index in [0.717, 1.165) is 16.8 Å². The minimum atomic E-state index is -1.52. The highest BCUT2D eigenvalue weighted by atomic mass is 16.4. The number of rotatable bonds is 6. The van der Waals surface area contributed by atoms with Crippen LogP contribution in [0, 0.1) is 20.8 Å². The van der Waals surface area contributed by atoms with Gasteiger partial charge in [-0.25, -0.2) is 4.79 Å². The van der Waals surface area contributed by atoms with Crippen LogP contribution in [0.15, 0.2) is 18.2 Å². The van der Waals surface area contributed by atoms with Gasteiger partial charge in [0.15, 0.2) is 6.10 Å². The summed E-state index contributed by atoms with van der Waals surface area (Å²) in [5.74, 6) is -1.90. The Morgan fingerprint density at radius 3 is 2.66 bits per heavy atom. The Morgan fingerprint density at radius 2 is 1.97 bits per heavy atom. The molecule has 8 nitrogen and oxygen atoms in total. The van der Waals surface area contributed by atoms with E-state index in [0.29, 0.717) is 28.1 Å². The number of aliphatic carboxylic acids is 1. The summed E-state index contributed by atoms with van der Waals surface area (Å²) in [6.07, 6.45) is 0.124. The lowest BCUT2D eigenvalue weighted by molar-refractivity contribution is -0.146. The van der Waals surface area contributed by atoms with Crippen molar-refractivity contribution in [3.63, 3.8) is 0 Å². The molecule has 2 amide bonds. The molecule has 1 aliphatic heterocycles. The molecule has 1 atom stereocenters. The SMILES string of the molecule is Cc1ccc2c(c1)/C(=C/c1[nH]c(C)c(C(=O)NCC[C@H](O)C(=O)O)c1C)C(=O)N2. The van der Waals surface area contributed by atoms with Crippen LogP contribution in [0.5, 0.6) is 0 Å². The number of benzene rings is 1. The number of carbonyl (C=O) groups excluding carboxylic acids is 2. The molecule has 0 fully saturated rings. The molecule has 0 radical (unpaired) electrons. The summed E-state index contributed by atoms with van der Waals surface area (Å²) in [7, 11) is 0. The molecule has 1 aromatic carbocycles. The minimum absolute atomic E-state index is 0.0296. The number of hydrogen-bond acceptors (Lipinski definition) is 4. The number of carbonyl (C=O) groups is 3. The Balaban J connectivity index is 1.84. The van der Waals surface area contributed by atoms with Crippen LogP contribution in [-0.4, -0.2) is 45.6 Å². The Bertz CT molecular complexity index is 1040. The molecule has 0 spiro atoms. The van der Waals surface area contributed by atoms with Crippen molar-refractivity contribution >= 4 is 35.1 Å². The van der Waals surface area contributed by atoms with Crippen LogP contribution in [0.25, 0.3) is 11.6 Å². The highest BCUT2D eigenvalue weighted by molar-refractivity contribution is 6.35. The fourth-order valence-electron chi connectivity index (χ4n) is 3.38. The Kier molecular flexibility index (Phi) is 5.56. The largest absolute Gasteiger partial charge is 0.479 e. The quantitative estimate of drug-likeness (QED) is 0.476. The topological polar surface area (TPSA) is 132 Å². The van der Waals surface area contributed by atoms with E-state index in [9.17, 15) is 19.5 Å². The van der Waals surface area contributed by atoms with Crippen LogP contribution in [0.2, 0.25) is 0 Å². The number of H-pyrrole nitrogens is 1. The maximum absolute atomic E-state index is 12.5. The number of carboxylic acids is 1. The highest BCUT2D eigenvalue weighted by Gasteiger charge is 2.25. The fraction of sp³-hybridized carbons (Fsp3) is 0.286. The lowest BCUT2D eigenvalue weighted by atomic mass is 10.0. The first-order chi connectivity index (χ1) is 13.7. The van der Waals surface area contributed by atoms with Crippen LogP contribution in [0.4, 0.5) is 5.69 Å². The van der Waals surface area contributed by atoms with Gasteiger partial charge in [-0.05, 0) is 44.5 Å². The van der Waals surface area contributed by atoms with Gasteiger partial charge in [0.1, 0.15) is 0 Å². The number of aryl methyl sites for hydroxylation is 2. The second-order valence-electron chi connectivity index (χ2n) is 7.12. The summed E-state index contributed by atoms with van der Waals surface area (Å²) in [6, 6.07) is 5.72. The first-order valence-corrected chi connectivity index (χ1v) is 9.21. The predicted molar refractivity (Wildman–Crippen MR) is 109 cm³/mol. The third kappa shape index (κ3) is 4.07. The van der Waals surface area contributed by atoms with Gasteiger partial charge in [0.2, 0.25) is 0 Å². The average Bonchev–Trinajstić information content (AvgIpc) is 3.11. The van der Waals surface area contributed by atoms with Crippen LogP contribution in [-0.2, 0) is 9.59 Å². The smallest absolute Gasteiger partial charge is 0.332 e. The highest BCUT2D eigenvalue weighted by Crippen LogP contribution is 2.34. The van der Waals surface area contributed by atoms with Gasteiger partial charge < -0.3 is 25.8 Å². The molecule has 0 saturated heterocycles. The number of anilines is 1. The summed E-state index contributed by atoms with van der Waals surface area (Å²) >= 11 is 0. The van der Waals surface area contributed by atoms with Crippen molar-refractivity contribution in [2.45, 2.75) is 33.3 Å². The van der Waals surface area contributed by atoms with Crippen LogP contribution >= 0.6 is 0 Å². The van der Waals surface area contributed by atoms with Gasteiger partial charge in [-0.2, -0.15) is 0 Å². The van der Waals surface area contributed by atoms with Gasteiger partial charge in [-0.1, -0.05) is 11.6 Å². The van der Waals surface area contributed by atoms with Crippen molar-refractivity contribution in [2.75, 3.05) is 11.9 Å². The van der Waals surface area contributed by atoms with E-state index in [2.05, 4.69) is 15.6 Å². The second-order valence-corrected chi connectivity index (χ2v) is 7.12. The van der Waals surface area contributed by atoms with E-state index in [1.54, 1.807) is 19.9 Å². The summed E-state index contributed by atoms with van der Waals surface area (Å²) in [5, 5.41) is 23.5. The van der Waals surface area contributed by atoms with E-state index < -0.39 is 12.1 Å². The summed E-state index contributed by atoms with van der Waals surface area (Å²) in [5.41, 5.74) is 5.52. The number of nitrogens with one attached hydrogen (secondary N) is 3. The maximum Gasteiger partial charge on any atom is 0.332 e. The monoisotopic (exact) mass is 397 g/mol. The average molecular weight is 397 g/mol. The van der Waals surface area contributed by atoms with Crippen molar-refractivity contribution < 1.29 is 24.6 Å². The summed E-state index contributed by atoms with van der Waals surface area (Å²) < 4.78 is 0. The van der Waals surface area contributed by atoms with Gasteiger partial charge in [0.05, 0.1) is 11.1 Å². The van der Waals surface area contributed by atoms with E-state index in [1.165, 1.54) is 0 Å². The number of aliphatic hydroxyl groups is 1. The molecule has 0 unspecified atom stereocenters. The van der Waals surface area contributed by atoms with Crippen LogP contribution < -0.4 is 10.6 Å². The molecule has 3 rings (SSSR count). The number of fused-ring (bicyclic) bond motifs is 1. The molecule has 29 heavy (non-hydrogen) atoms. The number of aliphatic hydroxyl groups excluding tert-OH is 1. The number of amides is 2. The number of aromatic nitrogens is 1. The van der Waals surface area contributed by atoms with E-state index in [-0.39, 0.29) is 24.8 Å². The number of aromatic amines is 1. The van der Waals surface area contributed by atoms with Crippen LogP contribution in [0.1, 0.15) is 44.9 Å². The molecular weight excluding hydrogens is 374 g/mol. The normalized spacial score (nSPS) is 15.2. The van der Waals surface area contributed by atoms with Gasteiger partial charge in [-0.15, -0.1) is 0 Å². The fourth-order valence-corrected chi connectivity index (χ4v) is 3.38. The standard InChI is InChI=1S/C21H23N3O5/c1-10-4-5-15-13(8-10)14(19(26)24-15)9-16-11(2)18(12(3)23-16)20(27)22-7-6-17(25)21(28)29/h4-5,8-9,17,23,25H,6-7H2,1-3H3,(H,22,27)(H,24,26)(H,28,29)/b14-9-/t17-/m0/s1. The lowest BCUT2D eigenvalue weighted by Crippen LogP contribution is -2.30. The van der Waals surface area contributed by atoms with E-state index >= 15 is 0 Å². The Hall–Kier alpha value is -3.39. The van der Waals surface area contributed by atoms with E-state index in [1.807, 2.05) is 25.1 Å². The molecule has 1 aromatic heterocycles. The first-order valence-electron chi connectivity index (χ1n) is 9.21. The van der Waals surface area contributed by atoms with Crippen LogP contribution in [0.3, 0.4) is 0 Å². The zero-order valence-corrected chi connectivity index (χ0v) is 16.4. The summed E-state index contributed by atoms with van der Waals surface area (Å²) in [4.78, 5) is 38.7.